The number of carbonyl (C=O) groups is 2. The fraction of sp³-hybridized carbons (Fsp3) is 0.263. The highest BCUT2D eigenvalue weighted by molar-refractivity contribution is 5.90. The number of benzene rings is 2. The van der Waals surface area contributed by atoms with Crippen LogP contribution >= 0.6 is 0 Å². The lowest BCUT2D eigenvalue weighted by Gasteiger charge is -2.25. The molecule has 1 saturated heterocycles. The van der Waals surface area contributed by atoms with Gasteiger partial charge in [-0.05, 0) is 35.4 Å². The molecular weight excluding hydrogens is 326 g/mol. The number of carbonyl (C=O) groups excluding carboxylic acids is 2. The zero-order valence-electron chi connectivity index (χ0n) is 13.7. The summed E-state index contributed by atoms with van der Waals surface area (Å²) in [6.45, 7) is 0.182. The molecule has 6 heteroatoms. The third-order valence-corrected chi connectivity index (χ3v) is 4.49. The summed E-state index contributed by atoms with van der Waals surface area (Å²) in [5, 5.41) is 2.76. The number of likely N-dealkylation sites (tertiary alicyclic amines) is 1. The Kier molecular flexibility index (Phi) is 4.79. The first-order chi connectivity index (χ1) is 12.0. The normalized spacial score (nSPS) is 20.0. The minimum Gasteiger partial charge on any atom is -0.352 e. The van der Waals surface area contributed by atoms with Crippen molar-refractivity contribution in [3.05, 3.63) is 71.3 Å². The number of hydrogen-bond acceptors (Lipinski definition) is 2. The molecule has 2 aromatic carbocycles. The van der Waals surface area contributed by atoms with Gasteiger partial charge in [-0.3, -0.25) is 9.59 Å². The molecule has 0 aliphatic carbocycles. The fourth-order valence-corrected chi connectivity index (χ4v) is 3.19. The van der Waals surface area contributed by atoms with E-state index in [1.165, 1.54) is 29.2 Å². The lowest BCUT2D eigenvalue weighted by Crippen LogP contribution is -2.34. The quantitative estimate of drug-likeness (QED) is 0.927. The largest absolute Gasteiger partial charge is 0.352 e. The summed E-state index contributed by atoms with van der Waals surface area (Å²) >= 11 is 0. The van der Waals surface area contributed by atoms with Crippen LogP contribution in [0.25, 0.3) is 0 Å². The average molecular weight is 344 g/mol. The van der Waals surface area contributed by atoms with E-state index in [2.05, 4.69) is 5.32 Å². The molecule has 4 nitrogen and oxygen atoms in total. The Balaban J connectivity index is 1.75. The van der Waals surface area contributed by atoms with Gasteiger partial charge < -0.3 is 10.2 Å². The molecule has 1 aliphatic rings. The average Bonchev–Trinajstić information content (AvgIpc) is 2.89. The molecule has 1 N–H and O–H groups in total. The van der Waals surface area contributed by atoms with Gasteiger partial charge in [0, 0.05) is 20.0 Å². The highest BCUT2D eigenvalue weighted by Crippen LogP contribution is 2.37. The Morgan fingerprint density at radius 1 is 1.16 bits per heavy atom. The van der Waals surface area contributed by atoms with Crippen molar-refractivity contribution in [1.29, 1.82) is 0 Å². The Bertz CT molecular complexity index is 792. The molecule has 0 bridgehead atoms. The number of hydrogen-bond donors (Lipinski definition) is 1. The first kappa shape index (κ1) is 17.1. The standard InChI is InChI=1S/C19H18F2N2O2/c1-23-17(24)10-16(18(23)13-5-7-14(20)8-6-13)19(25)22-11-12-3-2-4-15(21)9-12/h2-9,16,18H,10-11H2,1H3,(H,22,25)/t16-,18+/m1/s1. The van der Waals surface area contributed by atoms with Gasteiger partial charge in [0.1, 0.15) is 11.6 Å². The van der Waals surface area contributed by atoms with Gasteiger partial charge in [0.25, 0.3) is 0 Å². The van der Waals surface area contributed by atoms with Gasteiger partial charge in [0.2, 0.25) is 11.8 Å². The van der Waals surface area contributed by atoms with E-state index in [9.17, 15) is 18.4 Å². The van der Waals surface area contributed by atoms with Gasteiger partial charge in [0.05, 0.1) is 12.0 Å². The van der Waals surface area contributed by atoms with E-state index in [1.54, 1.807) is 31.3 Å². The van der Waals surface area contributed by atoms with E-state index in [4.69, 9.17) is 0 Å². The number of nitrogens with one attached hydrogen (secondary N) is 1. The van der Waals surface area contributed by atoms with Crippen LogP contribution in [0.2, 0.25) is 0 Å². The summed E-state index contributed by atoms with van der Waals surface area (Å²) in [4.78, 5) is 26.2. The lowest BCUT2D eigenvalue weighted by atomic mass is 9.93. The zero-order valence-corrected chi connectivity index (χ0v) is 13.7. The summed E-state index contributed by atoms with van der Waals surface area (Å²) in [5.74, 6) is -1.73. The smallest absolute Gasteiger partial charge is 0.226 e. The predicted molar refractivity (Wildman–Crippen MR) is 88.3 cm³/mol. The van der Waals surface area contributed by atoms with Crippen LogP contribution in [0.15, 0.2) is 48.5 Å². The van der Waals surface area contributed by atoms with Crippen LogP contribution in [0.4, 0.5) is 8.78 Å². The van der Waals surface area contributed by atoms with Gasteiger partial charge in [-0.2, -0.15) is 0 Å². The maximum Gasteiger partial charge on any atom is 0.226 e. The molecule has 0 radical (unpaired) electrons. The van der Waals surface area contributed by atoms with Crippen molar-refractivity contribution >= 4 is 11.8 Å². The monoisotopic (exact) mass is 344 g/mol. The van der Waals surface area contributed by atoms with Crippen LogP contribution in [-0.4, -0.2) is 23.8 Å². The van der Waals surface area contributed by atoms with Crippen molar-refractivity contribution in [2.24, 2.45) is 5.92 Å². The van der Waals surface area contributed by atoms with Crippen molar-refractivity contribution in [2.45, 2.75) is 19.0 Å². The molecule has 1 heterocycles. The van der Waals surface area contributed by atoms with E-state index < -0.39 is 12.0 Å². The Labute approximate surface area is 144 Å². The van der Waals surface area contributed by atoms with Crippen molar-refractivity contribution in [1.82, 2.24) is 10.2 Å². The molecule has 3 rings (SSSR count). The van der Waals surface area contributed by atoms with Gasteiger partial charge in [0.15, 0.2) is 0 Å². The number of rotatable bonds is 4. The molecule has 1 aliphatic heterocycles. The Hall–Kier alpha value is -2.76. The number of halogens is 2. The summed E-state index contributed by atoms with van der Waals surface area (Å²) in [6, 6.07) is 11.3. The van der Waals surface area contributed by atoms with Crippen molar-refractivity contribution in [2.75, 3.05) is 7.05 Å². The Morgan fingerprint density at radius 3 is 2.56 bits per heavy atom. The van der Waals surface area contributed by atoms with Crippen molar-refractivity contribution < 1.29 is 18.4 Å². The molecule has 2 amide bonds. The van der Waals surface area contributed by atoms with Crippen LogP contribution in [0.1, 0.15) is 23.6 Å². The second-order valence-corrected chi connectivity index (χ2v) is 6.16. The molecule has 0 aromatic heterocycles. The van der Waals surface area contributed by atoms with Crippen LogP contribution in [0.3, 0.4) is 0 Å². The molecule has 2 aromatic rings. The van der Waals surface area contributed by atoms with Crippen molar-refractivity contribution in [3.63, 3.8) is 0 Å². The molecule has 25 heavy (non-hydrogen) atoms. The maximum absolute atomic E-state index is 13.2. The van der Waals surface area contributed by atoms with Gasteiger partial charge in [-0.15, -0.1) is 0 Å². The van der Waals surface area contributed by atoms with Crippen molar-refractivity contribution in [3.8, 4) is 0 Å². The van der Waals surface area contributed by atoms with Gasteiger partial charge in [-0.1, -0.05) is 24.3 Å². The molecule has 0 saturated carbocycles. The lowest BCUT2D eigenvalue weighted by molar-refractivity contribution is -0.128. The first-order valence-corrected chi connectivity index (χ1v) is 7.99. The molecule has 0 spiro atoms. The summed E-state index contributed by atoms with van der Waals surface area (Å²) < 4.78 is 26.4. The fourth-order valence-electron chi connectivity index (χ4n) is 3.19. The molecular formula is C19H18F2N2O2. The van der Waals surface area contributed by atoms with E-state index in [-0.39, 0.29) is 36.4 Å². The van der Waals surface area contributed by atoms with Crippen LogP contribution in [0, 0.1) is 17.6 Å². The van der Waals surface area contributed by atoms with Gasteiger partial charge >= 0.3 is 0 Å². The van der Waals surface area contributed by atoms with Gasteiger partial charge in [-0.25, -0.2) is 8.78 Å². The topological polar surface area (TPSA) is 49.4 Å². The van der Waals surface area contributed by atoms with E-state index >= 15 is 0 Å². The van der Waals surface area contributed by atoms with Crippen LogP contribution < -0.4 is 5.32 Å². The van der Waals surface area contributed by atoms with E-state index in [0.717, 1.165) is 0 Å². The number of amides is 2. The van der Waals surface area contributed by atoms with Crippen LogP contribution in [0.5, 0.6) is 0 Å². The molecule has 1 fully saturated rings. The minimum atomic E-state index is -0.573. The van der Waals surface area contributed by atoms with E-state index in [1.807, 2.05) is 0 Å². The molecule has 0 unspecified atom stereocenters. The molecule has 2 atom stereocenters. The SMILES string of the molecule is CN1C(=O)C[C@@H](C(=O)NCc2cccc(F)c2)[C@@H]1c1ccc(F)cc1. The number of nitrogens with zero attached hydrogens (tertiary/aromatic N) is 1. The maximum atomic E-state index is 13.2. The third-order valence-electron chi connectivity index (χ3n) is 4.49. The second-order valence-electron chi connectivity index (χ2n) is 6.16. The second kappa shape index (κ2) is 7.01. The highest BCUT2D eigenvalue weighted by atomic mass is 19.1. The summed E-state index contributed by atoms with van der Waals surface area (Å²) in [5.41, 5.74) is 1.35. The Morgan fingerprint density at radius 2 is 1.88 bits per heavy atom. The summed E-state index contributed by atoms with van der Waals surface area (Å²) in [6.07, 6.45) is 0.0908. The predicted octanol–water partition coefficient (Wildman–Crippen LogP) is 2.80. The first-order valence-electron chi connectivity index (χ1n) is 7.99. The molecule has 130 valence electrons. The minimum absolute atomic E-state index is 0.0908. The summed E-state index contributed by atoms with van der Waals surface area (Å²) in [7, 11) is 1.64. The van der Waals surface area contributed by atoms with E-state index in [0.29, 0.717) is 11.1 Å². The van der Waals surface area contributed by atoms with Crippen LogP contribution in [-0.2, 0) is 16.1 Å². The highest BCUT2D eigenvalue weighted by Gasteiger charge is 2.42. The third kappa shape index (κ3) is 3.68. The zero-order chi connectivity index (χ0) is 18.0.